The molecular formula is C23H24N4O2S2. The second-order valence-corrected chi connectivity index (χ2v) is 9.83. The number of benzene rings is 2. The van der Waals surface area contributed by atoms with Crippen LogP contribution in [0.4, 0.5) is 10.8 Å². The number of carbonyl (C=O) groups is 2. The Balaban J connectivity index is 1.35. The van der Waals surface area contributed by atoms with Crippen LogP contribution in [0.3, 0.4) is 0 Å². The molecule has 1 aliphatic rings. The molecule has 0 aliphatic carbocycles. The number of carbonyl (C=O) groups excluding carboxylic acids is 2. The van der Waals surface area contributed by atoms with E-state index >= 15 is 0 Å². The summed E-state index contributed by atoms with van der Waals surface area (Å²) < 4.78 is 0. The average molecular weight is 453 g/mol. The summed E-state index contributed by atoms with van der Waals surface area (Å²) >= 11 is 2.83. The van der Waals surface area contributed by atoms with Gasteiger partial charge in [0, 0.05) is 29.5 Å². The zero-order valence-electron chi connectivity index (χ0n) is 17.7. The summed E-state index contributed by atoms with van der Waals surface area (Å²) in [7, 11) is 0. The number of aryl methyl sites for hydroxylation is 3. The van der Waals surface area contributed by atoms with Crippen molar-refractivity contribution in [1.29, 1.82) is 0 Å². The lowest BCUT2D eigenvalue weighted by atomic mass is 10.1. The van der Waals surface area contributed by atoms with Gasteiger partial charge in [0.1, 0.15) is 5.01 Å². The third kappa shape index (κ3) is 5.14. The van der Waals surface area contributed by atoms with E-state index in [4.69, 9.17) is 0 Å². The molecule has 1 saturated heterocycles. The average Bonchev–Trinajstić information content (AvgIpc) is 3.36. The monoisotopic (exact) mass is 452 g/mol. The van der Waals surface area contributed by atoms with Crippen molar-refractivity contribution in [3.8, 4) is 0 Å². The van der Waals surface area contributed by atoms with E-state index in [-0.39, 0.29) is 17.7 Å². The van der Waals surface area contributed by atoms with Crippen LogP contribution >= 0.6 is 23.1 Å². The van der Waals surface area contributed by atoms with E-state index in [1.807, 2.05) is 61.2 Å². The number of aromatic nitrogens is 2. The molecule has 0 bridgehead atoms. The minimum absolute atomic E-state index is 0.0146. The lowest BCUT2D eigenvalue weighted by molar-refractivity contribution is -0.117. The highest BCUT2D eigenvalue weighted by Gasteiger charge is 2.34. The predicted octanol–water partition coefficient (Wildman–Crippen LogP) is 4.71. The van der Waals surface area contributed by atoms with Crippen molar-refractivity contribution >= 4 is 45.7 Å². The molecule has 1 N–H and O–H groups in total. The Hall–Kier alpha value is -2.71. The summed E-state index contributed by atoms with van der Waals surface area (Å²) in [5.74, 6) is 0.260. The minimum atomic E-state index is -0.118. The van der Waals surface area contributed by atoms with Crippen molar-refractivity contribution < 1.29 is 9.59 Å². The topological polar surface area (TPSA) is 75.2 Å². The third-order valence-electron chi connectivity index (χ3n) is 5.35. The molecule has 1 unspecified atom stereocenters. The highest BCUT2D eigenvalue weighted by molar-refractivity contribution is 8.00. The molecule has 31 heavy (non-hydrogen) atoms. The first kappa shape index (κ1) is 21.5. The van der Waals surface area contributed by atoms with E-state index in [1.165, 1.54) is 34.2 Å². The van der Waals surface area contributed by atoms with Crippen molar-refractivity contribution in [3.63, 3.8) is 0 Å². The van der Waals surface area contributed by atoms with Crippen LogP contribution in [0.1, 0.15) is 34.0 Å². The second-order valence-electron chi connectivity index (χ2n) is 7.77. The SMILES string of the molecule is Cc1ccc(SCC(=O)Nc2nnc(C3CC(=O)N(c4ccc(C)c(C)c4)C3)s2)cc1. The number of rotatable bonds is 6. The van der Waals surface area contributed by atoms with Crippen LogP contribution in [0.15, 0.2) is 47.4 Å². The van der Waals surface area contributed by atoms with E-state index in [0.29, 0.717) is 23.8 Å². The quantitative estimate of drug-likeness (QED) is 0.548. The molecule has 1 atom stereocenters. The fraction of sp³-hybridized carbons (Fsp3) is 0.304. The highest BCUT2D eigenvalue weighted by atomic mass is 32.2. The number of anilines is 2. The van der Waals surface area contributed by atoms with Gasteiger partial charge in [-0.1, -0.05) is 35.1 Å². The minimum Gasteiger partial charge on any atom is -0.312 e. The van der Waals surface area contributed by atoms with Gasteiger partial charge in [-0.05, 0) is 56.2 Å². The zero-order valence-corrected chi connectivity index (χ0v) is 19.3. The number of amides is 2. The van der Waals surface area contributed by atoms with Crippen LogP contribution in [-0.4, -0.2) is 34.3 Å². The van der Waals surface area contributed by atoms with Crippen molar-refractivity contribution in [2.24, 2.45) is 0 Å². The lowest BCUT2D eigenvalue weighted by Gasteiger charge is -2.17. The molecule has 160 valence electrons. The summed E-state index contributed by atoms with van der Waals surface area (Å²) in [6.07, 6.45) is 0.402. The van der Waals surface area contributed by atoms with E-state index in [1.54, 1.807) is 0 Å². The Morgan fingerprint density at radius 2 is 1.90 bits per heavy atom. The van der Waals surface area contributed by atoms with E-state index < -0.39 is 0 Å². The van der Waals surface area contributed by atoms with Crippen molar-refractivity contribution in [2.75, 3.05) is 22.5 Å². The number of nitrogens with zero attached hydrogens (tertiary/aromatic N) is 3. The Kier molecular flexibility index (Phi) is 6.38. The van der Waals surface area contributed by atoms with Crippen LogP contribution in [0, 0.1) is 20.8 Å². The molecule has 6 nitrogen and oxygen atoms in total. The Morgan fingerprint density at radius 1 is 1.13 bits per heavy atom. The van der Waals surface area contributed by atoms with E-state index in [9.17, 15) is 9.59 Å². The summed E-state index contributed by atoms with van der Waals surface area (Å²) in [4.78, 5) is 27.7. The van der Waals surface area contributed by atoms with Gasteiger partial charge < -0.3 is 4.90 Å². The molecule has 2 heterocycles. The van der Waals surface area contributed by atoms with Gasteiger partial charge in [0.15, 0.2) is 0 Å². The van der Waals surface area contributed by atoms with Gasteiger partial charge in [0.25, 0.3) is 0 Å². The summed E-state index contributed by atoms with van der Waals surface area (Å²) in [5, 5.41) is 12.4. The first-order valence-electron chi connectivity index (χ1n) is 10.1. The van der Waals surface area contributed by atoms with Crippen molar-refractivity contribution in [2.45, 2.75) is 38.0 Å². The number of thioether (sulfide) groups is 1. The molecule has 0 saturated carbocycles. The summed E-state index contributed by atoms with van der Waals surface area (Å²) in [6, 6.07) is 14.2. The molecule has 3 aromatic rings. The van der Waals surface area contributed by atoms with Crippen LogP contribution in [-0.2, 0) is 9.59 Å². The third-order valence-corrected chi connectivity index (χ3v) is 7.37. The zero-order chi connectivity index (χ0) is 22.0. The predicted molar refractivity (Wildman–Crippen MR) is 126 cm³/mol. The molecule has 8 heteroatoms. The van der Waals surface area contributed by atoms with Gasteiger partial charge in [-0.15, -0.1) is 22.0 Å². The Morgan fingerprint density at radius 3 is 2.65 bits per heavy atom. The molecule has 1 aliphatic heterocycles. The van der Waals surface area contributed by atoms with Gasteiger partial charge in [0.2, 0.25) is 16.9 Å². The standard InChI is InChI=1S/C23H24N4O2S2/c1-14-4-8-19(9-5-14)30-13-20(28)24-23-26-25-22(31-23)17-11-21(29)27(12-17)18-7-6-15(2)16(3)10-18/h4-10,17H,11-13H2,1-3H3,(H,24,26,28). The maximum absolute atomic E-state index is 12.6. The maximum atomic E-state index is 12.6. The van der Waals surface area contributed by atoms with E-state index in [0.717, 1.165) is 21.2 Å². The maximum Gasteiger partial charge on any atom is 0.236 e. The van der Waals surface area contributed by atoms with Gasteiger partial charge in [-0.25, -0.2) is 0 Å². The summed E-state index contributed by atoms with van der Waals surface area (Å²) in [5.41, 5.74) is 4.48. The largest absolute Gasteiger partial charge is 0.312 e. The first-order valence-corrected chi connectivity index (χ1v) is 11.9. The molecule has 1 fully saturated rings. The van der Waals surface area contributed by atoms with E-state index in [2.05, 4.69) is 22.4 Å². The lowest BCUT2D eigenvalue weighted by Crippen LogP contribution is -2.24. The molecule has 4 rings (SSSR count). The molecule has 2 aromatic carbocycles. The second kappa shape index (κ2) is 9.20. The van der Waals surface area contributed by atoms with Crippen LogP contribution in [0.2, 0.25) is 0 Å². The van der Waals surface area contributed by atoms with Gasteiger partial charge in [0.05, 0.1) is 5.75 Å². The molecule has 2 amide bonds. The molecule has 1 aromatic heterocycles. The van der Waals surface area contributed by atoms with Gasteiger partial charge in [-0.3, -0.25) is 14.9 Å². The van der Waals surface area contributed by atoms with Crippen LogP contribution in [0.25, 0.3) is 0 Å². The first-order chi connectivity index (χ1) is 14.9. The van der Waals surface area contributed by atoms with Gasteiger partial charge in [-0.2, -0.15) is 0 Å². The summed E-state index contributed by atoms with van der Waals surface area (Å²) in [6.45, 7) is 6.72. The Bertz CT molecular complexity index is 1110. The van der Waals surface area contributed by atoms with Gasteiger partial charge >= 0.3 is 0 Å². The fourth-order valence-electron chi connectivity index (χ4n) is 3.40. The van der Waals surface area contributed by atoms with Crippen LogP contribution in [0.5, 0.6) is 0 Å². The molecule has 0 spiro atoms. The smallest absolute Gasteiger partial charge is 0.236 e. The normalized spacial score (nSPS) is 16.0. The number of hydrogen-bond acceptors (Lipinski definition) is 6. The highest BCUT2D eigenvalue weighted by Crippen LogP contribution is 2.34. The number of hydrogen-bond donors (Lipinski definition) is 1. The molecule has 0 radical (unpaired) electrons. The Labute approximate surface area is 190 Å². The molecular weight excluding hydrogens is 428 g/mol. The fourth-order valence-corrected chi connectivity index (χ4v) is 4.95. The van der Waals surface area contributed by atoms with Crippen molar-refractivity contribution in [1.82, 2.24) is 10.2 Å². The van der Waals surface area contributed by atoms with Crippen molar-refractivity contribution in [3.05, 3.63) is 64.2 Å². The number of nitrogens with one attached hydrogen (secondary N) is 1. The van der Waals surface area contributed by atoms with Crippen LogP contribution < -0.4 is 10.2 Å².